The molecular formula is C18H23N3O2. The summed E-state index contributed by atoms with van der Waals surface area (Å²) in [6, 6.07) is 10.2. The van der Waals surface area contributed by atoms with Gasteiger partial charge in [-0.1, -0.05) is 29.8 Å². The Kier molecular flexibility index (Phi) is 5.08. The van der Waals surface area contributed by atoms with Gasteiger partial charge >= 0.3 is 0 Å². The fraction of sp³-hybridized carbons (Fsp3) is 0.444. The van der Waals surface area contributed by atoms with E-state index in [2.05, 4.69) is 41.4 Å². The molecule has 5 nitrogen and oxygen atoms in total. The standard InChI is InChI=1S/C18H23N3O2/c1-14-4-6-15(7-5-14)9-11-21(13-16-3-2-12-23-16)18(22)17-8-10-19-20-17/h4-8,10,16H,2-3,9,11-13H2,1H3,(H,19,20)/t16-/m1/s1. The van der Waals surface area contributed by atoms with Crippen LogP contribution in [0.2, 0.25) is 0 Å². The summed E-state index contributed by atoms with van der Waals surface area (Å²) < 4.78 is 5.70. The molecule has 1 atom stereocenters. The minimum absolute atomic E-state index is 0.00916. The molecule has 0 spiro atoms. The smallest absolute Gasteiger partial charge is 0.271 e. The van der Waals surface area contributed by atoms with Gasteiger partial charge in [0.15, 0.2) is 0 Å². The van der Waals surface area contributed by atoms with Gasteiger partial charge in [-0.05, 0) is 37.8 Å². The number of nitrogens with zero attached hydrogens (tertiary/aromatic N) is 2. The van der Waals surface area contributed by atoms with Crippen molar-refractivity contribution in [3.05, 3.63) is 53.3 Å². The lowest BCUT2D eigenvalue weighted by atomic mass is 10.1. The average Bonchev–Trinajstić information content (AvgIpc) is 3.26. The van der Waals surface area contributed by atoms with E-state index in [4.69, 9.17) is 4.74 Å². The van der Waals surface area contributed by atoms with Gasteiger partial charge in [0, 0.05) is 25.9 Å². The topological polar surface area (TPSA) is 58.2 Å². The molecule has 122 valence electrons. The molecule has 5 heteroatoms. The van der Waals surface area contributed by atoms with Crippen molar-refractivity contribution in [2.75, 3.05) is 19.7 Å². The number of benzene rings is 1. The fourth-order valence-electron chi connectivity index (χ4n) is 2.87. The maximum absolute atomic E-state index is 12.7. The van der Waals surface area contributed by atoms with Crippen molar-refractivity contribution in [1.29, 1.82) is 0 Å². The Balaban J connectivity index is 1.66. The molecule has 0 bridgehead atoms. The van der Waals surface area contributed by atoms with Crippen molar-refractivity contribution in [3.8, 4) is 0 Å². The molecule has 0 saturated carbocycles. The van der Waals surface area contributed by atoms with E-state index in [0.29, 0.717) is 18.8 Å². The molecule has 2 heterocycles. The van der Waals surface area contributed by atoms with Crippen molar-refractivity contribution in [2.24, 2.45) is 0 Å². The second kappa shape index (κ2) is 7.42. The first-order valence-corrected chi connectivity index (χ1v) is 8.18. The van der Waals surface area contributed by atoms with Crippen LogP contribution in [-0.2, 0) is 11.2 Å². The summed E-state index contributed by atoms with van der Waals surface area (Å²) in [5.74, 6) is -0.00916. The molecule has 0 aliphatic carbocycles. The van der Waals surface area contributed by atoms with Gasteiger partial charge in [0.1, 0.15) is 5.69 Å². The number of amides is 1. The maximum Gasteiger partial charge on any atom is 0.271 e. The van der Waals surface area contributed by atoms with Crippen molar-refractivity contribution in [3.63, 3.8) is 0 Å². The first-order valence-electron chi connectivity index (χ1n) is 8.18. The zero-order chi connectivity index (χ0) is 16.1. The third kappa shape index (κ3) is 4.20. The molecular weight excluding hydrogens is 290 g/mol. The van der Waals surface area contributed by atoms with Crippen LogP contribution in [0.3, 0.4) is 0 Å². The second-order valence-corrected chi connectivity index (χ2v) is 6.09. The number of rotatable bonds is 6. The van der Waals surface area contributed by atoms with Crippen LogP contribution in [0, 0.1) is 6.92 Å². The van der Waals surface area contributed by atoms with E-state index in [1.54, 1.807) is 12.3 Å². The minimum atomic E-state index is -0.00916. The minimum Gasteiger partial charge on any atom is -0.376 e. The van der Waals surface area contributed by atoms with Crippen molar-refractivity contribution in [1.82, 2.24) is 15.1 Å². The van der Waals surface area contributed by atoms with Crippen molar-refractivity contribution >= 4 is 5.91 Å². The van der Waals surface area contributed by atoms with Gasteiger partial charge in [0.2, 0.25) is 0 Å². The number of carbonyl (C=O) groups excluding carboxylic acids is 1. The van der Waals surface area contributed by atoms with E-state index in [1.807, 2.05) is 4.90 Å². The third-order valence-electron chi connectivity index (χ3n) is 4.26. The van der Waals surface area contributed by atoms with Crippen LogP contribution < -0.4 is 0 Å². The van der Waals surface area contributed by atoms with Gasteiger partial charge in [-0.15, -0.1) is 0 Å². The van der Waals surface area contributed by atoms with Crippen LogP contribution in [0.4, 0.5) is 0 Å². The molecule has 1 N–H and O–H groups in total. The number of H-pyrrole nitrogens is 1. The lowest BCUT2D eigenvalue weighted by Crippen LogP contribution is -2.39. The summed E-state index contributed by atoms with van der Waals surface area (Å²) in [7, 11) is 0. The summed E-state index contributed by atoms with van der Waals surface area (Å²) in [4.78, 5) is 14.5. The second-order valence-electron chi connectivity index (χ2n) is 6.09. The van der Waals surface area contributed by atoms with Crippen molar-refractivity contribution < 1.29 is 9.53 Å². The van der Waals surface area contributed by atoms with E-state index in [0.717, 1.165) is 25.9 Å². The molecule has 1 fully saturated rings. The van der Waals surface area contributed by atoms with E-state index in [1.165, 1.54) is 11.1 Å². The summed E-state index contributed by atoms with van der Waals surface area (Å²) in [5, 5.41) is 6.65. The number of aromatic nitrogens is 2. The van der Waals surface area contributed by atoms with Crippen LogP contribution in [-0.4, -0.2) is 46.8 Å². The molecule has 2 aromatic rings. The average molecular weight is 313 g/mol. The van der Waals surface area contributed by atoms with E-state index in [9.17, 15) is 4.79 Å². The van der Waals surface area contributed by atoms with Crippen LogP contribution in [0.25, 0.3) is 0 Å². The van der Waals surface area contributed by atoms with Gasteiger partial charge < -0.3 is 9.64 Å². The molecule has 1 aromatic carbocycles. The number of aryl methyl sites for hydroxylation is 1. The van der Waals surface area contributed by atoms with E-state index >= 15 is 0 Å². The summed E-state index contributed by atoms with van der Waals surface area (Å²) in [6.45, 7) is 4.20. The molecule has 0 radical (unpaired) electrons. The Bertz CT molecular complexity index is 616. The lowest BCUT2D eigenvalue weighted by Gasteiger charge is -2.25. The molecule has 23 heavy (non-hydrogen) atoms. The van der Waals surface area contributed by atoms with E-state index in [-0.39, 0.29) is 12.0 Å². The molecule has 3 rings (SSSR count). The van der Waals surface area contributed by atoms with Crippen LogP contribution >= 0.6 is 0 Å². The molecule has 1 aliphatic heterocycles. The third-order valence-corrected chi connectivity index (χ3v) is 4.26. The Morgan fingerprint density at radius 1 is 1.35 bits per heavy atom. The van der Waals surface area contributed by atoms with Gasteiger partial charge in [0.25, 0.3) is 5.91 Å². The fourth-order valence-corrected chi connectivity index (χ4v) is 2.87. The highest BCUT2D eigenvalue weighted by Crippen LogP contribution is 2.15. The maximum atomic E-state index is 12.7. The summed E-state index contributed by atoms with van der Waals surface area (Å²) in [6.07, 6.45) is 4.70. The summed E-state index contributed by atoms with van der Waals surface area (Å²) >= 11 is 0. The molecule has 0 unspecified atom stereocenters. The number of hydrogen-bond acceptors (Lipinski definition) is 3. The Morgan fingerprint density at radius 3 is 2.83 bits per heavy atom. The van der Waals surface area contributed by atoms with Crippen LogP contribution in [0.5, 0.6) is 0 Å². The number of aromatic amines is 1. The SMILES string of the molecule is Cc1ccc(CCN(C[C@H]2CCCO2)C(=O)c2ccn[nH]2)cc1. The molecule has 1 saturated heterocycles. The first kappa shape index (κ1) is 15.7. The molecule has 1 amide bonds. The lowest BCUT2D eigenvalue weighted by molar-refractivity contribution is 0.0524. The largest absolute Gasteiger partial charge is 0.376 e. The van der Waals surface area contributed by atoms with Gasteiger partial charge in [-0.25, -0.2) is 0 Å². The number of ether oxygens (including phenoxy) is 1. The van der Waals surface area contributed by atoms with Gasteiger partial charge in [-0.3, -0.25) is 9.89 Å². The molecule has 1 aliphatic rings. The Morgan fingerprint density at radius 2 is 2.17 bits per heavy atom. The highest BCUT2D eigenvalue weighted by Gasteiger charge is 2.23. The predicted molar refractivity (Wildman–Crippen MR) is 88.3 cm³/mol. The molecule has 1 aromatic heterocycles. The predicted octanol–water partition coefficient (Wildman–Crippen LogP) is 2.58. The van der Waals surface area contributed by atoms with Crippen molar-refractivity contribution in [2.45, 2.75) is 32.3 Å². The number of nitrogens with one attached hydrogen (secondary N) is 1. The zero-order valence-corrected chi connectivity index (χ0v) is 13.5. The number of carbonyl (C=O) groups is 1. The Labute approximate surface area is 136 Å². The number of hydrogen-bond donors (Lipinski definition) is 1. The highest BCUT2D eigenvalue weighted by atomic mass is 16.5. The van der Waals surface area contributed by atoms with Gasteiger partial charge in [0.05, 0.1) is 6.10 Å². The highest BCUT2D eigenvalue weighted by molar-refractivity contribution is 5.92. The van der Waals surface area contributed by atoms with E-state index < -0.39 is 0 Å². The monoisotopic (exact) mass is 313 g/mol. The van der Waals surface area contributed by atoms with Crippen LogP contribution in [0.1, 0.15) is 34.5 Å². The first-order chi connectivity index (χ1) is 11.2. The Hall–Kier alpha value is -2.14. The zero-order valence-electron chi connectivity index (χ0n) is 13.5. The quantitative estimate of drug-likeness (QED) is 0.892. The van der Waals surface area contributed by atoms with Crippen LogP contribution in [0.15, 0.2) is 36.5 Å². The van der Waals surface area contributed by atoms with Gasteiger partial charge in [-0.2, -0.15) is 5.10 Å². The normalized spacial score (nSPS) is 17.3. The summed E-state index contributed by atoms with van der Waals surface area (Å²) in [5.41, 5.74) is 3.02.